The molecule has 2 aromatic heterocycles. The SMILES string of the molecule is Cc1nnc(CCCc2csc(N)n2)n1C1CCCC1. The molecule has 0 atom stereocenters. The molecule has 3 rings (SSSR count). The zero-order chi connectivity index (χ0) is 13.9. The van der Waals surface area contributed by atoms with Gasteiger partial charge in [0.05, 0.1) is 5.69 Å². The fourth-order valence-electron chi connectivity index (χ4n) is 3.09. The molecule has 2 aromatic rings. The number of anilines is 1. The molecule has 5 nitrogen and oxygen atoms in total. The maximum Gasteiger partial charge on any atom is 0.180 e. The summed E-state index contributed by atoms with van der Waals surface area (Å²) in [4.78, 5) is 4.30. The Balaban J connectivity index is 1.62. The van der Waals surface area contributed by atoms with Crippen LogP contribution in [0.4, 0.5) is 5.13 Å². The van der Waals surface area contributed by atoms with Gasteiger partial charge in [-0.2, -0.15) is 0 Å². The second-order valence-corrected chi connectivity index (χ2v) is 6.39. The van der Waals surface area contributed by atoms with Crippen LogP contribution >= 0.6 is 11.3 Å². The van der Waals surface area contributed by atoms with Gasteiger partial charge in [0, 0.05) is 17.8 Å². The van der Waals surface area contributed by atoms with Gasteiger partial charge < -0.3 is 10.3 Å². The van der Waals surface area contributed by atoms with E-state index in [1.807, 2.05) is 5.38 Å². The first-order valence-corrected chi connectivity index (χ1v) is 8.22. The van der Waals surface area contributed by atoms with E-state index >= 15 is 0 Å². The minimum atomic E-state index is 0.620. The third-order valence-electron chi connectivity index (χ3n) is 4.03. The first-order chi connectivity index (χ1) is 9.74. The highest BCUT2D eigenvalue weighted by atomic mass is 32.1. The second-order valence-electron chi connectivity index (χ2n) is 5.50. The van der Waals surface area contributed by atoms with Gasteiger partial charge in [0.25, 0.3) is 0 Å². The smallest absolute Gasteiger partial charge is 0.180 e. The van der Waals surface area contributed by atoms with Gasteiger partial charge in [-0.15, -0.1) is 21.5 Å². The van der Waals surface area contributed by atoms with Crippen molar-refractivity contribution in [1.29, 1.82) is 0 Å². The summed E-state index contributed by atoms with van der Waals surface area (Å²) in [7, 11) is 0. The third-order valence-corrected chi connectivity index (χ3v) is 4.75. The van der Waals surface area contributed by atoms with Crippen molar-refractivity contribution < 1.29 is 0 Å². The van der Waals surface area contributed by atoms with Crippen LogP contribution in [0.3, 0.4) is 0 Å². The maximum absolute atomic E-state index is 5.65. The standard InChI is InChI=1S/C14H21N5S/c1-10-17-18-13(19(10)12-6-2-3-7-12)8-4-5-11-9-20-14(15)16-11/h9,12H,2-8H2,1H3,(H2,15,16). The Morgan fingerprint density at radius 1 is 1.30 bits per heavy atom. The lowest BCUT2D eigenvalue weighted by Crippen LogP contribution is -2.11. The van der Waals surface area contributed by atoms with Crippen LogP contribution in [-0.4, -0.2) is 19.7 Å². The Bertz CT molecular complexity index is 568. The van der Waals surface area contributed by atoms with Crippen LogP contribution in [0.5, 0.6) is 0 Å². The molecule has 108 valence electrons. The molecule has 0 saturated heterocycles. The molecule has 6 heteroatoms. The Morgan fingerprint density at radius 2 is 2.10 bits per heavy atom. The van der Waals surface area contributed by atoms with E-state index in [0.29, 0.717) is 11.2 Å². The van der Waals surface area contributed by atoms with Gasteiger partial charge in [-0.1, -0.05) is 12.8 Å². The molecular weight excluding hydrogens is 270 g/mol. The second kappa shape index (κ2) is 5.91. The molecule has 1 saturated carbocycles. The van der Waals surface area contributed by atoms with E-state index in [1.165, 1.54) is 37.0 Å². The van der Waals surface area contributed by atoms with Crippen molar-refractivity contribution in [3.63, 3.8) is 0 Å². The lowest BCUT2D eigenvalue weighted by molar-refractivity contribution is 0.483. The number of hydrogen-bond donors (Lipinski definition) is 1. The van der Waals surface area contributed by atoms with Crippen molar-refractivity contribution in [3.8, 4) is 0 Å². The molecule has 1 aliphatic carbocycles. The highest BCUT2D eigenvalue weighted by Crippen LogP contribution is 2.31. The summed E-state index contributed by atoms with van der Waals surface area (Å²) in [6.45, 7) is 2.07. The number of aromatic nitrogens is 4. The molecule has 0 unspecified atom stereocenters. The molecule has 1 fully saturated rings. The van der Waals surface area contributed by atoms with E-state index < -0.39 is 0 Å². The van der Waals surface area contributed by atoms with Gasteiger partial charge in [-0.3, -0.25) is 0 Å². The minimum absolute atomic E-state index is 0.620. The molecule has 1 aliphatic rings. The molecule has 0 radical (unpaired) electrons. The Hall–Kier alpha value is -1.43. The van der Waals surface area contributed by atoms with Crippen LogP contribution < -0.4 is 5.73 Å². The summed E-state index contributed by atoms with van der Waals surface area (Å²) in [6.07, 6.45) is 8.19. The molecule has 0 spiro atoms. The predicted octanol–water partition coefficient (Wildman–Crippen LogP) is 2.92. The molecule has 20 heavy (non-hydrogen) atoms. The maximum atomic E-state index is 5.65. The summed E-state index contributed by atoms with van der Waals surface area (Å²) in [5.41, 5.74) is 6.75. The number of nitrogens with two attached hydrogens (primary N) is 1. The first kappa shape index (κ1) is 13.5. The number of aryl methyl sites for hydroxylation is 3. The lowest BCUT2D eigenvalue weighted by atomic mass is 10.2. The average Bonchev–Trinajstić information content (AvgIpc) is 3.12. The highest BCUT2D eigenvalue weighted by Gasteiger charge is 2.21. The fraction of sp³-hybridized carbons (Fsp3) is 0.643. The van der Waals surface area contributed by atoms with Crippen LogP contribution in [0.25, 0.3) is 0 Å². The Morgan fingerprint density at radius 3 is 2.80 bits per heavy atom. The molecule has 0 aliphatic heterocycles. The van der Waals surface area contributed by atoms with E-state index in [4.69, 9.17) is 5.73 Å². The lowest BCUT2D eigenvalue weighted by Gasteiger charge is -2.15. The van der Waals surface area contributed by atoms with Crippen molar-refractivity contribution in [3.05, 3.63) is 22.7 Å². The summed E-state index contributed by atoms with van der Waals surface area (Å²) in [5, 5.41) is 11.3. The normalized spacial score (nSPS) is 16.1. The number of nitrogen functional groups attached to an aromatic ring is 1. The minimum Gasteiger partial charge on any atom is -0.375 e. The predicted molar refractivity (Wildman–Crippen MR) is 80.8 cm³/mol. The number of rotatable bonds is 5. The van der Waals surface area contributed by atoms with Gasteiger partial charge in [0.2, 0.25) is 0 Å². The average molecular weight is 291 g/mol. The number of thiazole rings is 1. The van der Waals surface area contributed by atoms with E-state index in [0.717, 1.165) is 36.6 Å². The fourth-order valence-corrected chi connectivity index (χ4v) is 3.68. The van der Waals surface area contributed by atoms with E-state index in [1.54, 1.807) is 0 Å². The zero-order valence-corrected chi connectivity index (χ0v) is 12.7. The van der Waals surface area contributed by atoms with Crippen LogP contribution in [0, 0.1) is 6.92 Å². The number of nitrogens with zero attached hydrogens (tertiary/aromatic N) is 4. The van der Waals surface area contributed by atoms with Crippen LogP contribution in [0.15, 0.2) is 5.38 Å². The van der Waals surface area contributed by atoms with Crippen LogP contribution in [0.1, 0.15) is 55.5 Å². The Kier molecular flexibility index (Phi) is 4.00. The molecular formula is C14H21N5S. The largest absolute Gasteiger partial charge is 0.375 e. The zero-order valence-electron chi connectivity index (χ0n) is 11.9. The quantitative estimate of drug-likeness (QED) is 0.919. The van der Waals surface area contributed by atoms with Gasteiger partial charge in [0.15, 0.2) is 5.13 Å². The molecule has 2 heterocycles. The van der Waals surface area contributed by atoms with E-state index in [2.05, 4.69) is 26.7 Å². The molecule has 0 amide bonds. The first-order valence-electron chi connectivity index (χ1n) is 7.34. The van der Waals surface area contributed by atoms with Crippen molar-refractivity contribution in [2.75, 3.05) is 5.73 Å². The van der Waals surface area contributed by atoms with E-state index in [-0.39, 0.29) is 0 Å². The number of hydrogen-bond acceptors (Lipinski definition) is 5. The van der Waals surface area contributed by atoms with Gasteiger partial charge in [-0.25, -0.2) is 4.98 Å². The van der Waals surface area contributed by atoms with E-state index in [9.17, 15) is 0 Å². The monoisotopic (exact) mass is 291 g/mol. The van der Waals surface area contributed by atoms with Crippen molar-refractivity contribution in [1.82, 2.24) is 19.7 Å². The van der Waals surface area contributed by atoms with Gasteiger partial charge in [0.1, 0.15) is 11.6 Å². The van der Waals surface area contributed by atoms with Crippen LogP contribution in [-0.2, 0) is 12.8 Å². The van der Waals surface area contributed by atoms with Crippen molar-refractivity contribution in [2.24, 2.45) is 0 Å². The van der Waals surface area contributed by atoms with Gasteiger partial charge in [-0.05, 0) is 32.6 Å². The molecule has 0 aromatic carbocycles. The summed E-state index contributed by atoms with van der Waals surface area (Å²) in [5.74, 6) is 2.20. The van der Waals surface area contributed by atoms with Crippen molar-refractivity contribution >= 4 is 16.5 Å². The summed E-state index contributed by atoms with van der Waals surface area (Å²) >= 11 is 1.51. The summed E-state index contributed by atoms with van der Waals surface area (Å²) in [6, 6.07) is 0.620. The highest BCUT2D eigenvalue weighted by molar-refractivity contribution is 7.13. The molecule has 0 bridgehead atoms. The molecule has 2 N–H and O–H groups in total. The Labute approximate surface area is 123 Å². The van der Waals surface area contributed by atoms with Gasteiger partial charge >= 0.3 is 0 Å². The van der Waals surface area contributed by atoms with Crippen LogP contribution in [0.2, 0.25) is 0 Å². The summed E-state index contributed by atoms with van der Waals surface area (Å²) < 4.78 is 2.36. The van der Waals surface area contributed by atoms with Crippen molar-refractivity contribution in [2.45, 2.75) is 57.9 Å². The topological polar surface area (TPSA) is 69.6 Å². The third kappa shape index (κ3) is 2.85.